The summed E-state index contributed by atoms with van der Waals surface area (Å²) < 4.78 is 29.2. The van der Waals surface area contributed by atoms with E-state index in [1.54, 1.807) is 18.2 Å². The van der Waals surface area contributed by atoms with Crippen LogP contribution in [0.1, 0.15) is 0 Å². The van der Waals surface area contributed by atoms with Crippen molar-refractivity contribution in [2.24, 2.45) is 0 Å². The van der Waals surface area contributed by atoms with E-state index in [-0.39, 0.29) is 34.5 Å². The Balaban J connectivity index is 0. The molecule has 0 bridgehead atoms. The van der Waals surface area contributed by atoms with Crippen LogP contribution in [-0.2, 0) is 10.1 Å². The van der Waals surface area contributed by atoms with E-state index in [4.69, 9.17) is 4.55 Å². The zero-order valence-corrected chi connectivity index (χ0v) is 10.9. The summed E-state index contributed by atoms with van der Waals surface area (Å²) in [6.07, 6.45) is 1.50. The van der Waals surface area contributed by atoms with Crippen molar-refractivity contribution in [1.29, 1.82) is 0 Å². The molecule has 0 aliphatic carbocycles. The fourth-order valence-corrected chi connectivity index (χ4v) is 1.09. The first-order valence-corrected chi connectivity index (χ1v) is 4.89. The summed E-state index contributed by atoms with van der Waals surface area (Å²) >= 11 is 0. The van der Waals surface area contributed by atoms with Gasteiger partial charge in [0.25, 0.3) is 10.1 Å². The van der Waals surface area contributed by atoms with E-state index < -0.39 is 10.1 Å². The molecule has 0 aliphatic heterocycles. The van der Waals surface area contributed by atoms with Gasteiger partial charge >= 0.3 is 29.6 Å². The van der Waals surface area contributed by atoms with E-state index in [0.717, 1.165) is 0 Å². The molecule has 0 saturated carbocycles. The van der Waals surface area contributed by atoms with Crippen LogP contribution in [0.2, 0.25) is 0 Å². The standard InChI is InChI=1S/C6H6O3S.C3H5.Na/c7-10(8,9)6-4-2-1-3-5-6;1-3-2;/h1-5H,(H,7,8,9);3H,1-2H2;/q;-1;+1. The van der Waals surface area contributed by atoms with Gasteiger partial charge in [0.2, 0.25) is 0 Å². The quantitative estimate of drug-likeness (QED) is 0.374. The molecule has 5 heteroatoms. The van der Waals surface area contributed by atoms with Crippen LogP contribution in [0.5, 0.6) is 0 Å². The molecule has 0 fully saturated rings. The minimum atomic E-state index is -4.00. The van der Waals surface area contributed by atoms with Crippen molar-refractivity contribution in [2.75, 3.05) is 0 Å². The molecule has 0 radical (unpaired) electrons. The number of allylic oxidation sites excluding steroid dienone is 1. The molecule has 0 aliphatic rings. The zero-order chi connectivity index (χ0) is 10.3. The van der Waals surface area contributed by atoms with Crippen LogP contribution in [-0.4, -0.2) is 13.0 Å². The van der Waals surface area contributed by atoms with Crippen LogP contribution in [0, 0.1) is 6.92 Å². The van der Waals surface area contributed by atoms with Gasteiger partial charge in [-0.3, -0.25) is 4.55 Å². The normalized spacial score (nSPS) is 8.93. The molecule has 0 aromatic heterocycles. The number of rotatable bonds is 1. The van der Waals surface area contributed by atoms with Crippen LogP contribution < -0.4 is 29.6 Å². The van der Waals surface area contributed by atoms with Gasteiger partial charge in [0.1, 0.15) is 0 Å². The second-order valence-corrected chi connectivity index (χ2v) is 3.50. The summed E-state index contributed by atoms with van der Waals surface area (Å²) in [5.74, 6) is 0. The predicted octanol–water partition coefficient (Wildman–Crippen LogP) is -1.06. The maximum absolute atomic E-state index is 10.4. The first-order valence-electron chi connectivity index (χ1n) is 3.45. The Morgan fingerprint density at radius 1 is 1.29 bits per heavy atom. The molecule has 0 atom stereocenters. The maximum Gasteiger partial charge on any atom is 1.00 e. The van der Waals surface area contributed by atoms with E-state index in [9.17, 15) is 8.42 Å². The molecule has 1 aromatic carbocycles. The Hall–Kier alpha value is -0.260. The summed E-state index contributed by atoms with van der Waals surface area (Å²) in [7, 11) is -4.00. The molecule has 0 unspecified atom stereocenters. The van der Waals surface area contributed by atoms with Gasteiger partial charge in [0.05, 0.1) is 4.90 Å². The van der Waals surface area contributed by atoms with Gasteiger partial charge in [-0.15, -0.1) is 0 Å². The minimum Gasteiger partial charge on any atom is -0.282 e. The van der Waals surface area contributed by atoms with E-state index in [0.29, 0.717) is 0 Å². The first kappa shape index (κ1) is 16.2. The zero-order valence-electron chi connectivity index (χ0n) is 8.05. The van der Waals surface area contributed by atoms with Crippen molar-refractivity contribution < 1.29 is 42.5 Å². The Morgan fingerprint density at radius 2 is 1.64 bits per heavy atom. The van der Waals surface area contributed by atoms with Crippen molar-refractivity contribution in [1.82, 2.24) is 0 Å². The van der Waals surface area contributed by atoms with Crippen LogP contribution in [0.15, 0.2) is 47.9 Å². The topological polar surface area (TPSA) is 54.4 Å². The summed E-state index contributed by atoms with van der Waals surface area (Å²) in [5.41, 5.74) is 0. The van der Waals surface area contributed by atoms with Crippen molar-refractivity contribution in [3.05, 3.63) is 49.9 Å². The molecule has 0 saturated heterocycles. The molecule has 0 amide bonds. The smallest absolute Gasteiger partial charge is 0.282 e. The van der Waals surface area contributed by atoms with E-state index >= 15 is 0 Å². The Labute approximate surface area is 107 Å². The summed E-state index contributed by atoms with van der Waals surface area (Å²) in [5, 5.41) is 0. The molecule has 14 heavy (non-hydrogen) atoms. The van der Waals surface area contributed by atoms with Gasteiger partial charge in [-0.2, -0.15) is 8.42 Å². The number of benzene rings is 1. The average Bonchev–Trinajstić information content (AvgIpc) is 2.06. The van der Waals surface area contributed by atoms with Gasteiger partial charge in [-0.1, -0.05) is 18.2 Å². The molecule has 1 N–H and O–H groups in total. The monoisotopic (exact) mass is 222 g/mol. The van der Waals surface area contributed by atoms with Crippen LogP contribution >= 0.6 is 0 Å². The maximum atomic E-state index is 10.4. The fraction of sp³-hybridized carbons (Fsp3) is 0. The fourth-order valence-electron chi connectivity index (χ4n) is 0.592. The summed E-state index contributed by atoms with van der Waals surface area (Å²) in [6, 6.07) is 7.42. The van der Waals surface area contributed by atoms with E-state index in [1.807, 2.05) is 0 Å². The Morgan fingerprint density at radius 3 is 1.86 bits per heavy atom. The first-order chi connectivity index (χ1) is 6.02. The molecule has 0 heterocycles. The Bertz CT molecular complexity index is 346. The van der Waals surface area contributed by atoms with Gasteiger partial charge < -0.3 is 0 Å². The van der Waals surface area contributed by atoms with Crippen molar-refractivity contribution in [2.45, 2.75) is 4.90 Å². The minimum absolute atomic E-state index is 0. The van der Waals surface area contributed by atoms with Crippen molar-refractivity contribution in [3.63, 3.8) is 0 Å². The third kappa shape index (κ3) is 7.17. The van der Waals surface area contributed by atoms with Gasteiger partial charge in [0.15, 0.2) is 0 Å². The summed E-state index contributed by atoms with van der Waals surface area (Å²) in [4.78, 5) is -0.0741. The van der Waals surface area contributed by atoms with Crippen LogP contribution in [0.3, 0.4) is 0 Å². The third-order valence-corrected chi connectivity index (χ3v) is 1.91. The van der Waals surface area contributed by atoms with Crippen molar-refractivity contribution >= 4 is 10.1 Å². The third-order valence-electron chi connectivity index (χ3n) is 1.04. The molecule has 1 rings (SSSR count). The van der Waals surface area contributed by atoms with Gasteiger partial charge in [-0.05, 0) is 12.1 Å². The molecule has 1 aromatic rings. The van der Waals surface area contributed by atoms with E-state index in [2.05, 4.69) is 13.5 Å². The second-order valence-electron chi connectivity index (χ2n) is 2.08. The Kier molecular flexibility index (Phi) is 9.34. The van der Waals surface area contributed by atoms with Gasteiger partial charge in [0, 0.05) is 0 Å². The largest absolute Gasteiger partial charge is 1.00 e. The van der Waals surface area contributed by atoms with Gasteiger partial charge in [-0.25, -0.2) is 19.6 Å². The molecule has 72 valence electrons. The van der Waals surface area contributed by atoms with Crippen LogP contribution in [0.25, 0.3) is 0 Å². The van der Waals surface area contributed by atoms with Crippen LogP contribution in [0.4, 0.5) is 0 Å². The molecule has 0 spiro atoms. The average molecular weight is 222 g/mol. The van der Waals surface area contributed by atoms with Crippen molar-refractivity contribution in [3.8, 4) is 0 Å². The van der Waals surface area contributed by atoms with E-state index in [1.165, 1.54) is 18.2 Å². The molecule has 3 nitrogen and oxygen atoms in total. The molecular weight excluding hydrogens is 211 g/mol. The number of hydrogen-bond donors (Lipinski definition) is 1. The summed E-state index contributed by atoms with van der Waals surface area (Å²) in [6.45, 7) is 6.50. The SMILES string of the molecule is C=C[CH2-].O=S(=O)(O)c1ccccc1.[Na+]. The molecular formula is C9H11NaO3S. The second kappa shape index (κ2) is 8.08. The predicted molar refractivity (Wildman–Crippen MR) is 51.8 cm³/mol. The number of hydrogen-bond acceptors (Lipinski definition) is 2.